The highest BCUT2D eigenvalue weighted by atomic mass is 32.2. The molecule has 1 fully saturated rings. The summed E-state index contributed by atoms with van der Waals surface area (Å²) < 4.78 is 22.4. The summed E-state index contributed by atoms with van der Waals surface area (Å²) in [6, 6.07) is 0. The van der Waals surface area contributed by atoms with Crippen molar-refractivity contribution in [3.8, 4) is 0 Å². The van der Waals surface area contributed by atoms with E-state index < -0.39 is 9.84 Å². The fourth-order valence-corrected chi connectivity index (χ4v) is 3.38. The minimum Gasteiger partial charge on any atom is -0.356 e. The smallest absolute Gasteiger partial charge is 0.220 e. The number of rotatable bonds is 4. The molecule has 0 atom stereocenters. The van der Waals surface area contributed by atoms with Crippen LogP contribution in [0, 0.1) is 11.8 Å². The van der Waals surface area contributed by atoms with Gasteiger partial charge < -0.3 is 5.32 Å². The van der Waals surface area contributed by atoms with Crippen molar-refractivity contribution >= 4 is 15.7 Å². The number of hydrogen-bond donors (Lipinski definition) is 1. The van der Waals surface area contributed by atoms with E-state index >= 15 is 0 Å². The van der Waals surface area contributed by atoms with Crippen LogP contribution in [-0.2, 0) is 14.6 Å². The lowest BCUT2D eigenvalue weighted by Gasteiger charge is -2.21. The molecule has 0 aromatic carbocycles. The molecule has 5 heteroatoms. The molecule has 0 radical (unpaired) electrons. The van der Waals surface area contributed by atoms with Crippen LogP contribution in [-0.4, -0.2) is 32.4 Å². The van der Waals surface area contributed by atoms with E-state index in [1.54, 1.807) is 0 Å². The molecule has 0 saturated carbocycles. The molecule has 1 aliphatic rings. The van der Waals surface area contributed by atoms with Crippen molar-refractivity contribution in [1.29, 1.82) is 0 Å². The molecule has 16 heavy (non-hydrogen) atoms. The number of hydrogen-bond acceptors (Lipinski definition) is 3. The molecular weight excluding hydrogens is 226 g/mol. The van der Waals surface area contributed by atoms with Crippen molar-refractivity contribution in [2.24, 2.45) is 11.8 Å². The van der Waals surface area contributed by atoms with Gasteiger partial charge in [-0.05, 0) is 24.7 Å². The molecule has 0 aromatic rings. The minimum absolute atomic E-state index is 0.0537. The Balaban J connectivity index is 2.26. The van der Waals surface area contributed by atoms with Crippen LogP contribution in [0.2, 0.25) is 0 Å². The highest BCUT2D eigenvalue weighted by molar-refractivity contribution is 7.91. The molecule has 4 nitrogen and oxygen atoms in total. The van der Waals surface area contributed by atoms with Gasteiger partial charge in [0.1, 0.15) is 9.84 Å². The van der Waals surface area contributed by atoms with E-state index in [2.05, 4.69) is 5.32 Å². The summed E-state index contributed by atoms with van der Waals surface area (Å²) in [6.07, 6.45) is 1.75. The molecule has 1 amide bonds. The highest BCUT2D eigenvalue weighted by Crippen LogP contribution is 2.21. The zero-order chi connectivity index (χ0) is 12.2. The van der Waals surface area contributed by atoms with Crippen molar-refractivity contribution in [1.82, 2.24) is 5.32 Å². The largest absolute Gasteiger partial charge is 0.356 e. The van der Waals surface area contributed by atoms with E-state index in [9.17, 15) is 13.2 Å². The zero-order valence-electron chi connectivity index (χ0n) is 10.0. The molecule has 0 bridgehead atoms. The van der Waals surface area contributed by atoms with E-state index in [0.717, 1.165) is 0 Å². The van der Waals surface area contributed by atoms with Gasteiger partial charge in [-0.25, -0.2) is 8.42 Å². The van der Waals surface area contributed by atoms with E-state index in [0.29, 0.717) is 31.7 Å². The molecule has 1 saturated heterocycles. The monoisotopic (exact) mass is 247 g/mol. The Bertz CT molecular complexity index is 321. The molecule has 0 unspecified atom stereocenters. The van der Waals surface area contributed by atoms with E-state index in [4.69, 9.17) is 0 Å². The molecule has 1 N–H and O–H groups in total. The third-order valence-electron chi connectivity index (χ3n) is 2.86. The maximum Gasteiger partial charge on any atom is 0.220 e. The normalized spacial score (nSPS) is 20.9. The third kappa shape index (κ3) is 4.96. The summed E-state index contributed by atoms with van der Waals surface area (Å²) in [7, 11) is -2.81. The Morgan fingerprint density at radius 3 is 2.38 bits per heavy atom. The molecule has 1 rings (SSSR count). The Morgan fingerprint density at radius 1 is 1.31 bits per heavy atom. The molecule has 0 aromatic heterocycles. The Labute approximate surface area is 97.7 Å². The van der Waals surface area contributed by atoms with E-state index in [-0.39, 0.29) is 23.3 Å². The van der Waals surface area contributed by atoms with Crippen LogP contribution in [0.25, 0.3) is 0 Å². The Morgan fingerprint density at radius 2 is 1.88 bits per heavy atom. The summed E-state index contributed by atoms with van der Waals surface area (Å²) in [6.45, 7) is 4.80. The molecule has 0 spiro atoms. The molecule has 94 valence electrons. The van der Waals surface area contributed by atoms with Crippen molar-refractivity contribution in [2.75, 3.05) is 18.1 Å². The van der Waals surface area contributed by atoms with Crippen molar-refractivity contribution in [3.05, 3.63) is 0 Å². The standard InChI is InChI=1S/C11H21NO3S/c1-9(2)8-12-11(13)7-10-3-5-16(14,15)6-4-10/h9-10H,3-8H2,1-2H3,(H,12,13). The van der Waals surface area contributed by atoms with E-state index in [1.807, 2.05) is 13.8 Å². The summed E-state index contributed by atoms with van der Waals surface area (Å²) in [5, 5.41) is 2.86. The summed E-state index contributed by atoms with van der Waals surface area (Å²) >= 11 is 0. The van der Waals surface area contributed by atoms with Gasteiger partial charge >= 0.3 is 0 Å². The van der Waals surface area contributed by atoms with Crippen molar-refractivity contribution in [3.63, 3.8) is 0 Å². The van der Waals surface area contributed by atoms with Gasteiger partial charge in [-0.15, -0.1) is 0 Å². The van der Waals surface area contributed by atoms with Crippen LogP contribution in [0.3, 0.4) is 0 Å². The van der Waals surface area contributed by atoms with Crippen LogP contribution in [0.1, 0.15) is 33.1 Å². The molecule has 0 aliphatic carbocycles. The van der Waals surface area contributed by atoms with Crippen LogP contribution in [0.4, 0.5) is 0 Å². The van der Waals surface area contributed by atoms with Crippen LogP contribution in [0.5, 0.6) is 0 Å². The number of nitrogens with one attached hydrogen (secondary N) is 1. The second-order valence-corrected chi connectivity index (χ2v) is 7.30. The number of amides is 1. The summed E-state index contributed by atoms with van der Waals surface area (Å²) in [5.41, 5.74) is 0. The first-order chi connectivity index (χ1) is 7.39. The Kier molecular flexibility index (Phi) is 4.77. The third-order valence-corrected chi connectivity index (χ3v) is 4.57. The van der Waals surface area contributed by atoms with E-state index in [1.165, 1.54) is 0 Å². The first-order valence-electron chi connectivity index (χ1n) is 5.86. The fraction of sp³-hybridized carbons (Fsp3) is 0.909. The molecular formula is C11H21NO3S. The fourth-order valence-electron chi connectivity index (χ4n) is 1.80. The quantitative estimate of drug-likeness (QED) is 0.805. The first kappa shape index (κ1) is 13.5. The average molecular weight is 247 g/mol. The summed E-state index contributed by atoms with van der Waals surface area (Å²) in [5.74, 6) is 1.24. The van der Waals surface area contributed by atoms with Gasteiger partial charge in [0.25, 0.3) is 0 Å². The molecule has 1 heterocycles. The van der Waals surface area contributed by atoms with Crippen molar-refractivity contribution < 1.29 is 13.2 Å². The van der Waals surface area contributed by atoms with Gasteiger partial charge in [-0.3, -0.25) is 4.79 Å². The first-order valence-corrected chi connectivity index (χ1v) is 7.68. The van der Waals surface area contributed by atoms with Gasteiger partial charge in [0.05, 0.1) is 11.5 Å². The van der Waals surface area contributed by atoms with Crippen LogP contribution in [0.15, 0.2) is 0 Å². The van der Waals surface area contributed by atoms with Gasteiger partial charge in [-0.1, -0.05) is 13.8 Å². The lowest BCUT2D eigenvalue weighted by molar-refractivity contribution is -0.122. The number of carbonyl (C=O) groups excluding carboxylic acids is 1. The predicted molar refractivity (Wildman–Crippen MR) is 63.8 cm³/mol. The topological polar surface area (TPSA) is 63.2 Å². The number of sulfone groups is 1. The SMILES string of the molecule is CC(C)CNC(=O)CC1CCS(=O)(=O)CC1. The minimum atomic E-state index is -2.81. The number of carbonyl (C=O) groups is 1. The van der Waals surface area contributed by atoms with Gasteiger partial charge in [0.15, 0.2) is 0 Å². The zero-order valence-corrected chi connectivity index (χ0v) is 10.8. The maximum atomic E-state index is 11.5. The second-order valence-electron chi connectivity index (χ2n) is 5.00. The lowest BCUT2D eigenvalue weighted by Crippen LogP contribution is -2.31. The second kappa shape index (κ2) is 5.66. The highest BCUT2D eigenvalue weighted by Gasteiger charge is 2.25. The maximum absolute atomic E-state index is 11.5. The van der Waals surface area contributed by atoms with Crippen LogP contribution >= 0.6 is 0 Å². The summed E-state index contributed by atoms with van der Waals surface area (Å²) in [4.78, 5) is 11.5. The van der Waals surface area contributed by atoms with Gasteiger partial charge in [0, 0.05) is 13.0 Å². The predicted octanol–water partition coefficient (Wildman–Crippen LogP) is 0.974. The lowest BCUT2D eigenvalue weighted by atomic mass is 9.98. The van der Waals surface area contributed by atoms with Gasteiger partial charge in [-0.2, -0.15) is 0 Å². The Hall–Kier alpha value is -0.580. The molecule has 1 aliphatic heterocycles. The van der Waals surface area contributed by atoms with Crippen LogP contribution < -0.4 is 5.32 Å². The average Bonchev–Trinajstić information content (AvgIpc) is 2.18. The van der Waals surface area contributed by atoms with Gasteiger partial charge in [0.2, 0.25) is 5.91 Å². The van der Waals surface area contributed by atoms with Crippen molar-refractivity contribution in [2.45, 2.75) is 33.1 Å².